The first-order chi connectivity index (χ1) is 38.4. The molecule has 25 heteroatoms. The average Bonchev–Trinajstić information content (AvgIpc) is 4.12. The first-order valence-corrected chi connectivity index (χ1v) is 29.3. The molecular weight excluding hydrogens is 1080 g/mol. The molecule has 23 nitrogen and oxygen atoms in total. The average molecular weight is 1150 g/mol. The number of nitrogens with one attached hydrogen (secondary N) is 4. The van der Waals surface area contributed by atoms with Crippen molar-refractivity contribution in [1.82, 2.24) is 30.7 Å². The van der Waals surface area contributed by atoms with E-state index in [-0.39, 0.29) is 85.7 Å². The van der Waals surface area contributed by atoms with Gasteiger partial charge in [-0.05, 0) is 80.4 Å². The number of benzene rings is 1. The Morgan fingerprint density at radius 2 is 1.70 bits per heavy atom. The Labute approximate surface area is 468 Å². The highest BCUT2D eigenvalue weighted by molar-refractivity contribution is 7.90. The van der Waals surface area contributed by atoms with Crippen molar-refractivity contribution in [2.75, 3.05) is 56.8 Å². The summed E-state index contributed by atoms with van der Waals surface area (Å²) in [5.41, 5.74) is 2.46. The molecule has 1 aromatic carbocycles. The van der Waals surface area contributed by atoms with Gasteiger partial charge in [0.15, 0.2) is 5.60 Å². The van der Waals surface area contributed by atoms with E-state index >= 15 is 4.39 Å². The minimum atomic E-state index is -3.57. The summed E-state index contributed by atoms with van der Waals surface area (Å²) >= 11 is 0. The predicted molar refractivity (Wildman–Crippen MR) is 289 cm³/mol. The summed E-state index contributed by atoms with van der Waals surface area (Å²) in [4.78, 5) is 125. The second kappa shape index (κ2) is 24.8. The molecule has 7 aliphatic rings. The molecule has 8 atom stereocenters. The van der Waals surface area contributed by atoms with Crippen LogP contribution in [0.4, 0.5) is 14.9 Å². The number of unbranched alkanes of at least 4 members (excludes halogenated alkanes) is 2. The molecular formula is C56H69FN8O15S. The van der Waals surface area contributed by atoms with E-state index in [4.69, 9.17) is 19.2 Å². The van der Waals surface area contributed by atoms with Crippen molar-refractivity contribution in [3.05, 3.63) is 87.8 Å². The Kier molecular flexibility index (Phi) is 18.3. The number of amides is 7. The van der Waals surface area contributed by atoms with Crippen LogP contribution in [0.1, 0.15) is 85.1 Å². The molecule has 436 valence electrons. The molecule has 5 N–H and O–H groups in total. The fourth-order valence-electron chi connectivity index (χ4n) is 11.2. The second-order valence-electron chi connectivity index (χ2n) is 21.9. The van der Waals surface area contributed by atoms with Gasteiger partial charge in [-0.25, -0.2) is 27.2 Å². The van der Waals surface area contributed by atoms with Gasteiger partial charge in [0.1, 0.15) is 48.0 Å². The zero-order valence-corrected chi connectivity index (χ0v) is 46.9. The number of imide groups is 1. The normalized spacial score (nSPS) is 24.5. The van der Waals surface area contributed by atoms with Crippen LogP contribution in [-0.2, 0) is 69.0 Å². The van der Waals surface area contributed by atoms with Crippen molar-refractivity contribution < 1.29 is 75.3 Å². The molecule has 1 saturated heterocycles. The number of anilines is 1. The highest BCUT2D eigenvalue weighted by Crippen LogP contribution is 2.53. The number of cyclic esters (lactones) is 2. The van der Waals surface area contributed by atoms with Gasteiger partial charge in [0.2, 0.25) is 23.6 Å². The minimum absolute atomic E-state index is 0.0377. The molecule has 1 fully saturated rings. The number of aliphatic imine (C=N–C) groups is 1. The molecule has 5 aliphatic heterocycles. The van der Waals surface area contributed by atoms with Crippen LogP contribution in [0.2, 0.25) is 0 Å². The number of hydrogen-bond acceptors (Lipinski definition) is 17. The number of halogens is 1. The van der Waals surface area contributed by atoms with Crippen molar-refractivity contribution in [3.8, 4) is 0 Å². The van der Waals surface area contributed by atoms with Crippen molar-refractivity contribution in [1.29, 1.82) is 0 Å². The fraction of sp³-hybridized carbons (Fsp3) is 0.536. The highest BCUT2D eigenvalue weighted by atomic mass is 32.2. The van der Waals surface area contributed by atoms with Crippen LogP contribution in [0.3, 0.4) is 0 Å². The third-order valence-electron chi connectivity index (χ3n) is 15.8. The Balaban J connectivity index is 0.819. The predicted octanol–water partition coefficient (Wildman–Crippen LogP) is 2.58. The maximum absolute atomic E-state index is 15.6. The number of allylic oxidation sites excluding steroid dienone is 4. The van der Waals surface area contributed by atoms with E-state index in [0.717, 1.165) is 27.2 Å². The maximum Gasteiger partial charge on any atom is 0.411 e. The number of hydrogen-bond donors (Lipinski definition) is 5. The zero-order chi connectivity index (χ0) is 58.7. The molecule has 1 aromatic rings. The molecule has 0 saturated carbocycles. The SMILES string of the molecule is CC[C@@]1(O)C(=O)OC(=O)C2=C1C=C1C3=NC4=CC(F)C(C)C5=C4C(C(NC(=O)COCN(CCS(C)(=O)=O)C(=O)OCc4ccc(NC(=O)C(C)NC(=O)[C@@H](NC(=O)CCCCCN6C(=O)C=CC6=O)C(C)C)cc4)CC5)C3CN1C2. The Bertz CT molecular complexity index is 3060. The number of alkyl halides is 1. The topological polar surface area (TPSA) is 306 Å². The van der Waals surface area contributed by atoms with Gasteiger partial charge in [0, 0.05) is 79.5 Å². The van der Waals surface area contributed by atoms with E-state index in [2.05, 4.69) is 21.3 Å². The standard InChI is InChI=1S/C56H69FN8O15S/c1-7-56(75)38-23-42-50-37(26-64(42)25-36(38)53(72)80-54(56)73)48-40(17-16-35-31(4)39(57)24-41(61-50)47(35)48)60-44(67)28-78-29-63(21-22-81(6,76)77)55(74)79-27-33-12-14-34(15-13-33)59-51(70)32(5)58-52(71)49(30(2)3)62-43(66)11-9-8-10-20-65-45(68)18-19-46(65)69/h12-15,18-19,23-24,30-32,37,39-40,48-49,75H,7-11,16-17,20-22,25-29H2,1-6H3,(H,58,71)(H,59,70)(H,60,67)(H,62,66)/t31?,32?,37?,39?,40?,48?,49-,56-/m0/s1. The maximum atomic E-state index is 15.6. The van der Waals surface area contributed by atoms with E-state index in [9.17, 15) is 56.7 Å². The van der Waals surface area contributed by atoms with Gasteiger partial charge in [-0.3, -0.25) is 43.6 Å². The van der Waals surface area contributed by atoms with Gasteiger partial charge in [0.25, 0.3) is 11.8 Å². The number of rotatable bonds is 23. The lowest BCUT2D eigenvalue weighted by molar-refractivity contribution is -0.172. The number of sulfone groups is 1. The van der Waals surface area contributed by atoms with Gasteiger partial charge >= 0.3 is 18.0 Å². The summed E-state index contributed by atoms with van der Waals surface area (Å²) in [6.07, 6.45) is 6.86. The monoisotopic (exact) mass is 1140 g/mol. The number of ether oxygens (including phenoxy) is 3. The van der Waals surface area contributed by atoms with E-state index in [1.54, 1.807) is 51.1 Å². The quantitative estimate of drug-likeness (QED) is 0.0346. The fourth-order valence-corrected chi connectivity index (χ4v) is 11.8. The van der Waals surface area contributed by atoms with E-state index in [1.165, 1.54) is 25.2 Å². The first-order valence-electron chi connectivity index (χ1n) is 27.2. The summed E-state index contributed by atoms with van der Waals surface area (Å²) in [6, 6.07) is 3.83. The largest absolute Gasteiger partial charge is 0.444 e. The Hall–Kier alpha value is -7.38. The van der Waals surface area contributed by atoms with Crippen molar-refractivity contribution >= 4 is 74.7 Å². The molecule has 8 rings (SSSR count). The van der Waals surface area contributed by atoms with E-state index < -0.39 is 100 Å². The van der Waals surface area contributed by atoms with Crippen LogP contribution >= 0.6 is 0 Å². The van der Waals surface area contributed by atoms with Gasteiger partial charge in [-0.15, -0.1) is 0 Å². The highest BCUT2D eigenvalue weighted by Gasteiger charge is 2.55. The number of nitrogens with zero attached hydrogens (tertiary/aromatic N) is 4. The number of carbonyl (C=O) groups excluding carboxylic acids is 9. The summed E-state index contributed by atoms with van der Waals surface area (Å²) in [7, 11) is -3.57. The lowest BCUT2D eigenvalue weighted by Gasteiger charge is -2.45. The van der Waals surface area contributed by atoms with Crippen LogP contribution in [0.5, 0.6) is 0 Å². The molecule has 0 bridgehead atoms. The lowest BCUT2D eigenvalue weighted by atomic mass is 9.64. The number of esters is 2. The van der Waals surface area contributed by atoms with Crippen LogP contribution in [0.25, 0.3) is 0 Å². The van der Waals surface area contributed by atoms with Gasteiger partial charge in [-0.1, -0.05) is 51.8 Å². The van der Waals surface area contributed by atoms with Crippen LogP contribution in [-0.4, -0.2) is 169 Å². The van der Waals surface area contributed by atoms with Crippen molar-refractivity contribution in [2.24, 2.45) is 28.7 Å². The van der Waals surface area contributed by atoms with Gasteiger partial charge in [0.05, 0.1) is 35.0 Å². The van der Waals surface area contributed by atoms with Gasteiger partial charge in [-0.2, -0.15) is 0 Å². The van der Waals surface area contributed by atoms with Crippen molar-refractivity contribution in [2.45, 2.75) is 116 Å². The summed E-state index contributed by atoms with van der Waals surface area (Å²) in [5.74, 6) is -6.55. The lowest BCUT2D eigenvalue weighted by Crippen LogP contribution is -2.53. The third-order valence-corrected chi connectivity index (χ3v) is 16.7. The second-order valence-corrected chi connectivity index (χ2v) is 24.1. The Morgan fingerprint density at radius 1 is 0.988 bits per heavy atom. The van der Waals surface area contributed by atoms with Crippen molar-refractivity contribution in [3.63, 3.8) is 0 Å². The van der Waals surface area contributed by atoms with E-state index in [0.29, 0.717) is 67.0 Å². The molecule has 7 amide bonds. The Morgan fingerprint density at radius 3 is 2.38 bits per heavy atom. The molecule has 0 radical (unpaired) electrons. The third kappa shape index (κ3) is 13.4. The molecule has 5 heterocycles. The first kappa shape index (κ1) is 59.7. The smallest absolute Gasteiger partial charge is 0.411 e. The van der Waals surface area contributed by atoms with Crippen LogP contribution in [0.15, 0.2) is 87.2 Å². The van der Waals surface area contributed by atoms with Gasteiger partial charge < -0.3 is 45.5 Å². The number of fused-ring (bicyclic) bond motifs is 4. The summed E-state index contributed by atoms with van der Waals surface area (Å²) in [6.45, 7) is 7.43. The summed E-state index contributed by atoms with van der Waals surface area (Å²) in [5, 5.41) is 22.6. The van der Waals surface area contributed by atoms with Crippen LogP contribution in [0, 0.1) is 23.7 Å². The number of aliphatic hydroxyl groups is 1. The summed E-state index contributed by atoms with van der Waals surface area (Å²) < 4.78 is 56.2. The minimum Gasteiger partial charge on any atom is -0.444 e. The molecule has 0 aromatic heterocycles. The van der Waals surface area contributed by atoms with Crippen LogP contribution < -0.4 is 21.3 Å². The number of carbonyl (C=O) groups is 9. The van der Waals surface area contributed by atoms with E-state index in [1.807, 2.05) is 11.8 Å². The zero-order valence-electron chi connectivity index (χ0n) is 46.1. The molecule has 0 spiro atoms. The molecule has 6 unspecified atom stereocenters. The molecule has 2 aliphatic carbocycles. The molecule has 81 heavy (non-hydrogen) atoms.